The standard InChI is InChI=1S/C13H15ClN2O/c1-2-6-15-13(17)9-16-7-5-10-8-11(14)3-4-12(10)16/h3-5,7-8H,2,6,9H2,1H3,(H,15,17). The first kappa shape index (κ1) is 12.0. The molecule has 1 amide bonds. The molecule has 17 heavy (non-hydrogen) atoms. The Bertz CT molecular complexity index is 533. The minimum Gasteiger partial charge on any atom is -0.355 e. The SMILES string of the molecule is CCCNC(=O)Cn1ccc2cc(Cl)ccc21. The van der Waals surface area contributed by atoms with Crippen LogP contribution in [0.25, 0.3) is 10.9 Å². The van der Waals surface area contributed by atoms with E-state index < -0.39 is 0 Å². The number of carbonyl (C=O) groups is 1. The number of carbonyl (C=O) groups excluding carboxylic acids is 1. The smallest absolute Gasteiger partial charge is 0.239 e. The van der Waals surface area contributed by atoms with Crippen LogP contribution in [-0.2, 0) is 11.3 Å². The number of amides is 1. The molecular formula is C13H15ClN2O. The summed E-state index contributed by atoms with van der Waals surface area (Å²) in [4.78, 5) is 11.6. The summed E-state index contributed by atoms with van der Waals surface area (Å²) >= 11 is 5.91. The van der Waals surface area contributed by atoms with Crippen LogP contribution in [0.3, 0.4) is 0 Å². The summed E-state index contributed by atoms with van der Waals surface area (Å²) in [6.45, 7) is 3.11. The van der Waals surface area contributed by atoms with Crippen molar-refractivity contribution in [3.63, 3.8) is 0 Å². The van der Waals surface area contributed by atoms with Gasteiger partial charge in [-0.25, -0.2) is 0 Å². The Kier molecular flexibility index (Phi) is 3.69. The second-order valence-electron chi connectivity index (χ2n) is 4.00. The highest BCUT2D eigenvalue weighted by Crippen LogP contribution is 2.20. The van der Waals surface area contributed by atoms with Crippen LogP contribution in [0.1, 0.15) is 13.3 Å². The summed E-state index contributed by atoms with van der Waals surface area (Å²) in [7, 11) is 0. The Labute approximate surface area is 105 Å². The highest BCUT2D eigenvalue weighted by molar-refractivity contribution is 6.31. The third-order valence-electron chi connectivity index (χ3n) is 2.62. The summed E-state index contributed by atoms with van der Waals surface area (Å²) in [6.07, 6.45) is 2.86. The lowest BCUT2D eigenvalue weighted by Crippen LogP contribution is -2.27. The van der Waals surface area contributed by atoms with E-state index in [9.17, 15) is 4.79 Å². The van der Waals surface area contributed by atoms with Gasteiger partial charge in [0.2, 0.25) is 5.91 Å². The largest absolute Gasteiger partial charge is 0.355 e. The summed E-state index contributed by atoms with van der Waals surface area (Å²) in [5.41, 5.74) is 1.03. The van der Waals surface area contributed by atoms with Crippen LogP contribution in [0.2, 0.25) is 5.02 Å². The molecule has 0 bridgehead atoms. The Morgan fingerprint density at radius 1 is 1.41 bits per heavy atom. The van der Waals surface area contributed by atoms with Gasteiger partial charge in [-0.05, 0) is 30.7 Å². The molecule has 1 heterocycles. The third-order valence-corrected chi connectivity index (χ3v) is 2.85. The molecule has 2 aromatic rings. The quantitative estimate of drug-likeness (QED) is 0.890. The van der Waals surface area contributed by atoms with E-state index in [4.69, 9.17) is 11.6 Å². The van der Waals surface area contributed by atoms with E-state index in [0.29, 0.717) is 11.6 Å². The van der Waals surface area contributed by atoms with Crippen molar-refractivity contribution in [2.24, 2.45) is 0 Å². The zero-order chi connectivity index (χ0) is 12.3. The van der Waals surface area contributed by atoms with E-state index in [1.54, 1.807) is 0 Å². The van der Waals surface area contributed by atoms with Crippen LogP contribution in [0, 0.1) is 0 Å². The van der Waals surface area contributed by atoms with E-state index in [0.717, 1.165) is 23.9 Å². The number of hydrogen-bond donors (Lipinski definition) is 1. The molecule has 0 aliphatic rings. The van der Waals surface area contributed by atoms with E-state index in [-0.39, 0.29) is 5.91 Å². The van der Waals surface area contributed by atoms with Crippen molar-refractivity contribution in [3.8, 4) is 0 Å². The molecule has 0 aliphatic heterocycles. The first-order chi connectivity index (χ1) is 8.20. The average Bonchev–Trinajstić information content (AvgIpc) is 2.69. The number of fused-ring (bicyclic) bond motifs is 1. The maximum Gasteiger partial charge on any atom is 0.239 e. The minimum absolute atomic E-state index is 0.0410. The van der Waals surface area contributed by atoms with Gasteiger partial charge < -0.3 is 9.88 Å². The van der Waals surface area contributed by atoms with E-state index in [1.165, 1.54) is 0 Å². The van der Waals surface area contributed by atoms with Crippen LogP contribution in [-0.4, -0.2) is 17.0 Å². The summed E-state index contributed by atoms with van der Waals surface area (Å²) in [5.74, 6) is 0.0410. The summed E-state index contributed by atoms with van der Waals surface area (Å²) < 4.78 is 1.93. The van der Waals surface area contributed by atoms with Crippen LogP contribution in [0.4, 0.5) is 0 Å². The number of hydrogen-bond acceptors (Lipinski definition) is 1. The van der Waals surface area contributed by atoms with Gasteiger partial charge in [-0.15, -0.1) is 0 Å². The van der Waals surface area contributed by atoms with Crippen molar-refractivity contribution in [1.29, 1.82) is 0 Å². The number of rotatable bonds is 4. The first-order valence-corrected chi connectivity index (χ1v) is 6.09. The van der Waals surface area contributed by atoms with Gasteiger partial charge in [0.25, 0.3) is 0 Å². The molecule has 0 fully saturated rings. The van der Waals surface area contributed by atoms with Gasteiger partial charge in [0.1, 0.15) is 6.54 Å². The fraction of sp³-hybridized carbons (Fsp3) is 0.308. The predicted molar refractivity (Wildman–Crippen MR) is 70.2 cm³/mol. The summed E-state index contributed by atoms with van der Waals surface area (Å²) in [6, 6.07) is 7.64. The van der Waals surface area contributed by atoms with Crippen LogP contribution in [0.15, 0.2) is 30.5 Å². The van der Waals surface area contributed by atoms with Gasteiger partial charge in [-0.2, -0.15) is 0 Å². The highest BCUT2D eigenvalue weighted by atomic mass is 35.5. The minimum atomic E-state index is 0.0410. The Morgan fingerprint density at radius 3 is 3.00 bits per heavy atom. The molecule has 1 aromatic carbocycles. The number of nitrogens with one attached hydrogen (secondary N) is 1. The molecule has 0 saturated carbocycles. The monoisotopic (exact) mass is 250 g/mol. The Balaban J connectivity index is 2.16. The molecular weight excluding hydrogens is 236 g/mol. The molecule has 2 rings (SSSR count). The van der Waals surface area contributed by atoms with Gasteiger partial charge in [0.15, 0.2) is 0 Å². The zero-order valence-electron chi connectivity index (χ0n) is 9.74. The third kappa shape index (κ3) is 2.80. The maximum absolute atomic E-state index is 11.6. The maximum atomic E-state index is 11.6. The highest BCUT2D eigenvalue weighted by Gasteiger charge is 2.05. The van der Waals surface area contributed by atoms with Crippen molar-refractivity contribution in [2.45, 2.75) is 19.9 Å². The van der Waals surface area contributed by atoms with Gasteiger partial charge in [0, 0.05) is 28.7 Å². The molecule has 3 nitrogen and oxygen atoms in total. The van der Waals surface area contributed by atoms with Gasteiger partial charge in [0.05, 0.1) is 0 Å². The molecule has 0 aliphatic carbocycles. The zero-order valence-corrected chi connectivity index (χ0v) is 10.5. The fourth-order valence-corrected chi connectivity index (χ4v) is 1.96. The van der Waals surface area contributed by atoms with Gasteiger partial charge in [-0.3, -0.25) is 4.79 Å². The van der Waals surface area contributed by atoms with Crippen LogP contribution in [0.5, 0.6) is 0 Å². The van der Waals surface area contributed by atoms with Gasteiger partial charge in [-0.1, -0.05) is 18.5 Å². The van der Waals surface area contributed by atoms with Crippen LogP contribution >= 0.6 is 11.6 Å². The van der Waals surface area contributed by atoms with Crippen LogP contribution < -0.4 is 5.32 Å². The lowest BCUT2D eigenvalue weighted by atomic mass is 10.2. The van der Waals surface area contributed by atoms with Crippen molar-refractivity contribution in [1.82, 2.24) is 9.88 Å². The number of nitrogens with zero attached hydrogens (tertiary/aromatic N) is 1. The molecule has 0 unspecified atom stereocenters. The molecule has 4 heteroatoms. The van der Waals surface area contributed by atoms with Crippen molar-refractivity contribution in [3.05, 3.63) is 35.5 Å². The lowest BCUT2D eigenvalue weighted by Gasteiger charge is -2.06. The van der Waals surface area contributed by atoms with Gasteiger partial charge >= 0.3 is 0 Å². The molecule has 1 N–H and O–H groups in total. The average molecular weight is 251 g/mol. The first-order valence-electron chi connectivity index (χ1n) is 5.72. The number of halogens is 1. The lowest BCUT2D eigenvalue weighted by molar-refractivity contribution is -0.121. The van der Waals surface area contributed by atoms with Crippen molar-refractivity contribution in [2.75, 3.05) is 6.54 Å². The normalized spacial score (nSPS) is 10.7. The number of benzene rings is 1. The Morgan fingerprint density at radius 2 is 2.24 bits per heavy atom. The molecule has 90 valence electrons. The second kappa shape index (κ2) is 5.23. The predicted octanol–water partition coefficient (Wildman–Crippen LogP) is 2.82. The summed E-state index contributed by atoms with van der Waals surface area (Å²) in [5, 5.41) is 4.63. The van der Waals surface area contributed by atoms with E-state index in [2.05, 4.69) is 5.32 Å². The fourth-order valence-electron chi connectivity index (χ4n) is 1.78. The molecule has 0 spiro atoms. The number of aromatic nitrogens is 1. The second-order valence-corrected chi connectivity index (χ2v) is 4.43. The topological polar surface area (TPSA) is 34.0 Å². The van der Waals surface area contributed by atoms with Crippen molar-refractivity contribution >= 4 is 28.4 Å². The molecule has 0 radical (unpaired) electrons. The van der Waals surface area contributed by atoms with Crippen molar-refractivity contribution < 1.29 is 4.79 Å². The molecule has 0 atom stereocenters. The van der Waals surface area contributed by atoms with E-state index in [1.807, 2.05) is 42.0 Å². The Hall–Kier alpha value is -1.48. The molecule has 0 saturated heterocycles. The van der Waals surface area contributed by atoms with E-state index >= 15 is 0 Å². The molecule has 1 aromatic heterocycles.